The Morgan fingerprint density at radius 3 is 1.31 bits per heavy atom. The zero-order chi connectivity index (χ0) is 23.1. The van der Waals surface area contributed by atoms with Gasteiger partial charge in [-0.05, 0) is 62.4 Å². The summed E-state index contributed by atoms with van der Waals surface area (Å²) in [5.41, 5.74) is 2.09. The number of anilines is 2. The molecule has 2 N–H and O–H groups in total. The van der Waals surface area contributed by atoms with Gasteiger partial charge in [0, 0.05) is 23.5 Å². The molecule has 0 aromatic heterocycles. The molecule has 0 unspecified atom stereocenters. The summed E-state index contributed by atoms with van der Waals surface area (Å²) in [5, 5.41) is 5.78. The number of esters is 2. The van der Waals surface area contributed by atoms with Gasteiger partial charge in [-0.1, -0.05) is 0 Å². The van der Waals surface area contributed by atoms with Crippen molar-refractivity contribution in [1.29, 1.82) is 0 Å². The van der Waals surface area contributed by atoms with Gasteiger partial charge in [-0.2, -0.15) is 0 Å². The van der Waals surface area contributed by atoms with Crippen molar-refractivity contribution in [2.45, 2.75) is 13.8 Å². The van der Waals surface area contributed by atoms with Gasteiger partial charge in [-0.15, -0.1) is 0 Å². The zero-order valence-corrected chi connectivity index (χ0v) is 17.6. The van der Waals surface area contributed by atoms with Gasteiger partial charge in [0.1, 0.15) is 0 Å². The Balaban J connectivity index is 1.64. The zero-order valence-electron chi connectivity index (χ0n) is 17.6. The van der Waals surface area contributed by atoms with E-state index in [-0.39, 0.29) is 36.2 Å². The van der Waals surface area contributed by atoms with Crippen LogP contribution in [0, 0.1) is 0 Å². The highest BCUT2D eigenvalue weighted by atomic mass is 16.5. The molecule has 3 rings (SSSR count). The van der Waals surface area contributed by atoms with Crippen molar-refractivity contribution in [2.75, 3.05) is 23.8 Å². The van der Waals surface area contributed by atoms with Crippen LogP contribution in [0.15, 0.2) is 72.1 Å². The summed E-state index contributed by atoms with van der Waals surface area (Å²) in [4.78, 5) is 48.4. The lowest BCUT2D eigenvalue weighted by molar-refractivity contribution is -0.115. The van der Waals surface area contributed by atoms with Crippen molar-refractivity contribution < 1.29 is 28.7 Å². The summed E-state index contributed by atoms with van der Waals surface area (Å²) in [6.45, 7) is 4.00. The number of carbonyl (C=O) groups is 4. The molecular weight excluding hydrogens is 412 g/mol. The number of carbonyl (C=O) groups excluding carboxylic acids is 4. The summed E-state index contributed by atoms with van der Waals surface area (Å²) in [7, 11) is 0. The van der Waals surface area contributed by atoms with Gasteiger partial charge in [-0.25, -0.2) is 9.59 Å². The summed E-state index contributed by atoms with van der Waals surface area (Å²) >= 11 is 0. The molecule has 0 heterocycles. The fourth-order valence-corrected chi connectivity index (χ4v) is 2.87. The molecule has 0 aliphatic heterocycles. The summed E-state index contributed by atoms with van der Waals surface area (Å²) in [6.07, 6.45) is 2.41. The third-order valence-electron chi connectivity index (χ3n) is 4.43. The van der Waals surface area contributed by atoms with E-state index in [0.717, 1.165) is 0 Å². The summed E-state index contributed by atoms with van der Waals surface area (Å²) in [6, 6.07) is 12.7. The maximum absolute atomic E-state index is 12.5. The van der Waals surface area contributed by atoms with E-state index in [1.807, 2.05) is 0 Å². The van der Waals surface area contributed by atoms with Gasteiger partial charge in [0.25, 0.3) is 0 Å². The summed E-state index contributed by atoms with van der Waals surface area (Å²) < 4.78 is 9.86. The Bertz CT molecular complexity index is 1010. The van der Waals surface area contributed by atoms with Crippen molar-refractivity contribution >= 4 is 34.9 Å². The second-order valence-electron chi connectivity index (χ2n) is 6.69. The standard InChI is InChI=1S/C24H22N2O6/c1-3-31-23(29)15-5-9-17(10-6-15)25-19-13-22(28)20(14-21(19)27)26-18-11-7-16(8-12-18)24(30)32-4-2/h5-14,25-26H,3-4H2,1-2H3. The average molecular weight is 434 g/mol. The Morgan fingerprint density at radius 2 is 1.00 bits per heavy atom. The van der Waals surface area contributed by atoms with Crippen LogP contribution >= 0.6 is 0 Å². The maximum Gasteiger partial charge on any atom is 0.338 e. The number of hydrogen-bond donors (Lipinski definition) is 2. The molecule has 2 aromatic carbocycles. The SMILES string of the molecule is CCOC(=O)c1ccc(NC2=CC(=O)C(Nc3ccc(C(=O)OCC)cc3)=CC2=O)cc1. The van der Waals surface area contributed by atoms with Gasteiger partial charge in [0.2, 0.25) is 11.6 Å². The van der Waals surface area contributed by atoms with Crippen LogP contribution in [0.25, 0.3) is 0 Å². The van der Waals surface area contributed by atoms with Crippen molar-refractivity contribution in [3.8, 4) is 0 Å². The van der Waals surface area contributed by atoms with Crippen LogP contribution in [-0.4, -0.2) is 36.7 Å². The molecule has 0 saturated carbocycles. The molecule has 0 amide bonds. The predicted molar refractivity (Wildman–Crippen MR) is 118 cm³/mol. The number of hydrogen-bond acceptors (Lipinski definition) is 8. The second-order valence-corrected chi connectivity index (χ2v) is 6.69. The molecule has 8 heteroatoms. The Hall–Kier alpha value is -4.20. The number of benzene rings is 2. The van der Waals surface area contributed by atoms with Gasteiger partial charge in [0.05, 0.1) is 35.7 Å². The van der Waals surface area contributed by atoms with Crippen LogP contribution in [0.3, 0.4) is 0 Å². The van der Waals surface area contributed by atoms with Crippen LogP contribution in [0.4, 0.5) is 11.4 Å². The lowest BCUT2D eigenvalue weighted by Gasteiger charge is -2.16. The molecule has 0 radical (unpaired) electrons. The predicted octanol–water partition coefficient (Wildman–Crippen LogP) is 3.48. The van der Waals surface area contributed by atoms with E-state index in [1.54, 1.807) is 62.4 Å². The first-order valence-corrected chi connectivity index (χ1v) is 10.0. The molecule has 32 heavy (non-hydrogen) atoms. The molecule has 8 nitrogen and oxygen atoms in total. The van der Waals surface area contributed by atoms with Crippen LogP contribution < -0.4 is 10.6 Å². The first kappa shape index (κ1) is 22.5. The first-order valence-electron chi connectivity index (χ1n) is 10.0. The fourth-order valence-electron chi connectivity index (χ4n) is 2.87. The van der Waals surface area contributed by atoms with Crippen LogP contribution in [-0.2, 0) is 19.1 Å². The van der Waals surface area contributed by atoms with E-state index in [4.69, 9.17) is 9.47 Å². The van der Waals surface area contributed by atoms with Crippen molar-refractivity contribution in [1.82, 2.24) is 0 Å². The third-order valence-corrected chi connectivity index (χ3v) is 4.43. The van der Waals surface area contributed by atoms with Gasteiger partial charge in [0.15, 0.2) is 0 Å². The first-order chi connectivity index (χ1) is 15.4. The largest absolute Gasteiger partial charge is 0.462 e. The number of ketones is 2. The molecule has 0 spiro atoms. The van der Waals surface area contributed by atoms with Gasteiger partial charge < -0.3 is 20.1 Å². The molecule has 1 aliphatic rings. The average Bonchev–Trinajstić information content (AvgIpc) is 2.78. The number of rotatable bonds is 8. The summed E-state index contributed by atoms with van der Waals surface area (Å²) in [5.74, 6) is -1.64. The highest BCUT2D eigenvalue weighted by Crippen LogP contribution is 2.19. The van der Waals surface area contributed by atoms with E-state index >= 15 is 0 Å². The van der Waals surface area contributed by atoms with E-state index in [2.05, 4.69) is 10.6 Å². The molecular formula is C24H22N2O6. The normalized spacial score (nSPS) is 13.1. The molecule has 2 aromatic rings. The molecule has 0 fully saturated rings. The minimum Gasteiger partial charge on any atom is -0.462 e. The number of allylic oxidation sites excluding steroid dienone is 2. The van der Waals surface area contributed by atoms with Crippen LogP contribution in [0.1, 0.15) is 34.6 Å². The fraction of sp³-hybridized carbons (Fsp3) is 0.167. The Morgan fingerprint density at radius 1 is 0.656 bits per heavy atom. The smallest absolute Gasteiger partial charge is 0.338 e. The van der Waals surface area contributed by atoms with Crippen LogP contribution in [0.2, 0.25) is 0 Å². The lowest BCUT2D eigenvalue weighted by atomic mass is 10.1. The second kappa shape index (κ2) is 10.2. The molecule has 1 aliphatic carbocycles. The van der Waals surface area contributed by atoms with Crippen molar-refractivity contribution in [3.63, 3.8) is 0 Å². The Kier molecular flexibility index (Phi) is 7.17. The van der Waals surface area contributed by atoms with Gasteiger partial charge >= 0.3 is 11.9 Å². The highest BCUT2D eigenvalue weighted by molar-refractivity contribution is 6.22. The van der Waals surface area contributed by atoms with Gasteiger partial charge in [-0.3, -0.25) is 9.59 Å². The molecule has 164 valence electrons. The van der Waals surface area contributed by atoms with Crippen molar-refractivity contribution in [3.05, 3.63) is 83.2 Å². The minimum absolute atomic E-state index is 0.113. The monoisotopic (exact) mass is 434 g/mol. The number of ether oxygens (including phenoxy) is 2. The van der Waals surface area contributed by atoms with E-state index in [1.165, 1.54) is 12.2 Å². The van der Waals surface area contributed by atoms with E-state index < -0.39 is 11.9 Å². The molecule has 0 bridgehead atoms. The van der Waals surface area contributed by atoms with E-state index in [9.17, 15) is 19.2 Å². The Labute approximate surface area is 184 Å². The lowest BCUT2D eigenvalue weighted by Crippen LogP contribution is -2.22. The quantitative estimate of drug-likeness (QED) is 0.480. The topological polar surface area (TPSA) is 111 Å². The molecule has 0 atom stereocenters. The van der Waals surface area contributed by atoms with E-state index in [0.29, 0.717) is 22.5 Å². The number of nitrogens with one attached hydrogen (secondary N) is 2. The highest BCUT2D eigenvalue weighted by Gasteiger charge is 2.21. The molecule has 0 saturated heterocycles. The van der Waals surface area contributed by atoms with Crippen LogP contribution in [0.5, 0.6) is 0 Å². The minimum atomic E-state index is -0.434. The van der Waals surface area contributed by atoms with Crippen molar-refractivity contribution in [2.24, 2.45) is 0 Å². The maximum atomic E-state index is 12.5. The third kappa shape index (κ3) is 5.48.